The van der Waals surface area contributed by atoms with Crippen molar-refractivity contribution in [3.8, 4) is 5.75 Å². The summed E-state index contributed by atoms with van der Waals surface area (Å²) in [5.74, 6) is 1.21. The van der Waals surface area contributed by atoms with Gasteiger partial charge in [-0.05, 0) is 36.3 Å². The van der Waals surface area contributed by atoms with Gasteiger partial charge < -0.3 is 10.1 Å². The SMILES string of the molecule is COc1ccccc1C=C1C(=O)Nc2ccc(CCCl)cc21. The van der Waals surface area contributed by atoms with E-state index in [1.165, 1.54) is 0 Å². The molecule has 1 N–H and O–H groups in total. The van der Waals surface area contributed by atoms with Crippen molar-refractivity contribution in [1.82, 2.24) is 0 Å². The number of benzene rings is 2. The summed E-state index contributed by atoms with van der Waals surface area (Å²) in [6, 6.07) is 13.6. The molecule has 0 unspecified atom stereocenters. The minimum Gasteiger partial charge on any atom is -0.496 e. The van der Waals surface area contributed by atoms with Gasteiger partial charge in [0.05, 0.1) is 7.11 Å². The summed E-state index contributed by atoms with van der Waals surface area (Å²) in [6.07, 6.45) is 2.65. The third-order valence-electron chi connectivity index (χ3n) is 3.69. The Bertz CT molecular complexity index is 753. The molecule has 0 saturated carbocycles. The van der Waals surface area contributed by atoms with Gasteiger partial charge >= 0.3 is 0 Å². The minimum absolute atomic E-state index is 0.0936. The standard InChI is InChI=1S/C18H16ClNO2/c1-22-17-5-3-2-4-13(17)11-15-14-10-12(8-9-19)6-7-16(14)20-18(15)21/h2-7,10-11H,8-9H2,1H3,(H,20,21). The van der Waals surface area contributed by atoms with Gasteiger partial charge in [-0.15, -0.1) is 11.6 Å². The van der Waals surface area contributed by atoms with Crippen LogP contribution in [0.15, 0.2) is 42.5 Å². The van der Waals surface area contributed by atoms with Crippen LogP contribution in [-0.4, -0.2) is 18.9 Å². The number of ether oxygens (including phenoxy) is 1. The number of rotatable bonds is 4. The first-order valence-corrected chi connectivity index (χ1v) is 7.61. The Morgan fingerprint density at radius 3 is 2.82 bits per heavy atom. The zero-order chi connectivity index (χ0) is 15.5. The summed E-state index contributed by atoms with van der Waals surface area (Å²) >= 11 is 5.81. The zero-order valence-electron chi connectivity index (χ0n) is 12.2. The Labute approximate surface area is 134 Å². The number of hydrogen-bond acceptors (Lipinski definition) is 2. The number of amides is 1. The van der Waals surface area contributed by atoms with Crippen LogP contribution in [0.1, 0.15) is 16.7 Å². The molecule has 1 heterocycles. The number of hydrogen-bond donors (Lipinski definition) is 1. The van der Waals surface area contributed by atoms with Gasteiger partial charge in [-0.25, -0.2) is 0 Å². The molecule has 1 aliphatic rings. The van der Waals surface area contributed by atoms with Gasteiger partial charge in [0.15, 0.2) is 0 Å². The average molecular weight is 314 g/mol. The molecule has 1 amide bonds. The van der Waals surface area contributed by atoms with Gasteiger partial charge in [0.1, 0.15) is 5.75 Å². The van der Waals surface area contributed by atoms with Crippen molar-refractivity contribution in [1.29, 1.82) is 0 Å². The highest BCUT2D eigenvalue weighted by Gasteiger charge is 2.24. The van der Waals surface area contributed by atoms with Crippen molar-refractivity contribution in [2.45, 2.75) is 6.42 Å². The van der Waals surface area contributed by atoms with Crippen LogP contribution in [0.5, 0.6) is 5.75 Å². The lowest BCUT2D eigenvalue weighted by Gasteiger charge is -2.06. The van der Waals surface area contributed by atoms with Crippen molar-refractivity contribution >= 4 is 34.8 Å². The highest BCUT2D eigenvalue weighted by atomic mass is 35.5. The van der Waals surface area contributed by atoms with E-state index >= 15 is 0 Å². The number of carbonyl (C=O) groups excluding carboxylic acids is 1. The number of aryl methyl sites for hydroxylation is 1. The van der Waals surface area contributed by atoms with Gasteiger partial charge in [0, 0.05) is 28.3 Å². The van der Waals surface area contributed by atoms with Crippen LogP contribution in [-0.2, 0) is 11.2 Å². The number of anilines is 1. The molecular formula is C18H16ClNO2. The number of methoxy groups -OCH3 is 1. The number of alkyl halides is 1. The summed E-state index contributed by atoms with van der Waals surface area (Å²) in [4.78, 5) is 12.3. The first kappa shape index (κ1) is 14.7. The third kappa shape index (κ3) is 2.72. The van der Waals surface area contributed by atoms with Gasteiger partial charge in [-0.1, -0.05) is 24.3 Å². The Balaban J connectivity index is 2.07. The quantitative estimate of drug-likeness (QED) is 0.685. The average Bonchev–Trinajstić information content (AvgIpc) is 2.84. The van der Waals surface area contributed by atoms with E-state index in [1.54, 1.807) is 7.11 Å². The first-order valence-electron chi connectivity index (χ1n) is 7.08. The van der Waals surface area contributed by atoms with E-state index in [4.69, 9.17) is 16.3 Å². The van der Waals surface area contributed by atoms with E-state index in [1.807, 2.05) is 48.5 Å². The zero-order valence-corrected chi connectivity index (χ0v) is 13.0. The summed E-state index contributed by atoms with van der Waals surface area (Å²) in [5.41, 5.74) is 4.40. The second-order valence-corrected chi connectivity index (χ2v) is 5.45. The topological polar surface area (TPSA) is 38.3 Å². The van der Waals surface area contributed by atoms with E-state index in [2.05, 4.69) is 5.32 Å². The van der Waals surface area contributed by atoms with Crippen LogP contribution in [0.25, 0.3) is 11.6 Å². The summed E-state index contributed by atoms with van der Waals surface area (Å²) in [6.45, 7) is 0. The molecule has 1 aliphatic heterocycles. The molecule has 0 atom stereocenters. The fourth-order valence-corrected chi connectivity index (χ4v) is 2.80. The number of carbonyl (C=O) groups is 1. The highest BCUT2D eigenvalue weighted by molar-refractivity contribution is 6.35. The number of para-hydroxylation sites is 1. The molecule has 4 heteroatoms. The van der Waals surface area contributed by atoms with E-state index in [0.29, 0.717) is 11.5 Å². The molecule has 2 aromatic rings. The van der Waals surface area contributed by atoms with E-state index in [0.717, 1.165) is 34.5 Å². The molecule has 0 radical (unpaired) electrons. The molecule has 3 rings (SSSR count). The normalized spacial score (nSPS) is 14.8. The molecule has 0 saturated heterocycles. The van der Waals surface area contributed by atoms with Crippen molar-refractivity contribution < 1.29 is 9.53 Å². The van der Waals surface area contributed by atoms with Crippen LogP contribution in [0.3, 0.4) is 0 Å². The lowest BCUT2D eigenvalue weighted by atomic mass is 10.0. The van der Waals surface area contributed by atoms with Gasteiger partial charge in [-0.2, -0.15) is 0 Å². The Hall–Kier alpha value is -2.26. The van der Waals surface area contributed by atoms with Crippen LogP contribution < -0.4 is 10.1 Å². The summed E-state index contributed by atoms with van der Waals surface area (Å²) in [7, 11) is 1.62. The van der Waals surface area contributed by atoms with Gasteiger partial charge in [-0.3, -0.25) is 4.79 Å². The van der Waals surface area contributed by atoms with Crippen molar-refractivity contribution in [3.05, 3.63) is 59.2 Å². The van der Waals surface area contributed by atoms with Gasteiger partial charge in [0.2, 0.25) is 0 Å². The molecule has 112 valence electrons. The first-order chi connectivity index (χ1) is 10.7. The highest BCUT2D eigenvalue weighted by Crippen LogP contribution is 2.35. The second kappa shape index (κ2) is 6.24. The number of fused-ring (bicyclic) bond motifs is 1. The molecule has 0 aliphatic carbocycles. The molecule has 0 bridgehead atoms. The van der Waals surface area contributed by atoms with Crippen LogP contribution >= 0.6 is 11.6 Å². The fourth-order valence-electron chi connectivity index (χ4n) is 2.58. The summed E-state index contributed by atoms with van der Waals surface area (Å²) in [5, 5.41) is 2.89. The predicted molar refractivity (Wildman–Crippen MR) is 90.4 cm³/mol. The molecule has 2 aromatic carbocycles. The van der Waals surface area contributed by atoms with Crippen LogP contribution in [0.4, 0.5) is 5.69 Å². The lowest BCUT2D eigenvalue weighted by molar-refractivity contribution is -0.110. The Morgan fingerprint density at radius 1 is 1.23 bits per heavy atom. The van der Waals surface area contributed by atoms with E-state index in [9.17, 15) is 4.79 Å². The number of halogens is 1. The maximum Gasteiger partial charge on any atom is 0.256 e. The molecule has 0 fully saturated rings. The smallest absolute Gasteiger partial charge is 0.256 e. The summed E-state index contributed by atoms with van der Waals surface area (Å²) < 4.78 is 5.35. The fraction of sp³-hybridized carbons (Fsp3) is 0.167. The lowest BCUT2D eigenvalue weighted by Crippen LogP contribution is -2.03. The van der Waals surface area contributed by atoms with Crippen molar-refractivity contribution in [2.24, 2.45) is 0 Å². The van der Waals surface area contributed by atoms with Crippen LogP contribution in [0.2, 0.25) is 0 Å². The van der Waals surface area contributed by atoms with Crippen molar-refractivity contribution in [3.63, 3.8) is 0 Å². The maximum absolute atomic E-state index is 12.3. The Morgan fingerprint density at radius 2 is 2.05 bits per heavy atom. The van der Waals surface area contributed by atoms with Gasteiger partial charge in [0.25, 0.3) is 5.91 Å². The monoisotopic (exact) mass is 313 g/mol. The molecule has 0 spiro atoms. The predicted octanol–water partition coefficient (Wildman–Crippen LogP) is 3.97. The largest absolute Gasteiger partial charge is 0.496 e. The Kier molecular flexibility index (Phi) is 4.16. The van der Waals surface area contributed by atoms with E-state index in [-0.39, 0.29) is 5.91 Å². The number of nitrogens with one attached hydrogen (secondary N) is 1. The molecule has 0 aromatic heterocycles. The van der Waals surface area contributed by atoms with Crippen LogP contribution in [0, 0.1) is 0 Å². The van der Waals surface area contributed by atoms with E-state index < -0.39 is 0 Å². The second-order valence-electron chi connectivity index (χ2n) is 5.07. The maximum atomic E-state index is 12.3. The molecular weight excluding hydrogens is 298 g/mol. The third-order valence-corrected chi connectivity index (χ3v) is 3.88. The molecule has 3 nitrogen and oxygen atoms in total. The van der Waals surface area contributed by atoms with Crippen molar-refractivity contribution in [2.75, 3.05) is 18.3 Å². The minimum atomic E-state index is -0.0936. The molecule has 22 heavy (non-hydrogen) atoms.